The number of aromatic nitrogens is 1. The van der Waals surface area contributed by atoms with Gasteiger partial charge in [0.2, 0.25) is 5.91 Å². The molecule has 0 bridgehead atoms. The van der Waals surface area contributed by atoms with Crippen LogP contribution in [0.1, 0.15) is 47.6 Å². The summed E-state index contributed by atoms with van der Waals surface area (Å²) >= 11 is 7.53. The monoisotopic (exact) mass is 450 g/mol. The van der Waals surface area contributed by atoms with Crippen LogP contribution in [-0.2, 0) is 4.79 Å². The highest BCUT2D eigenvalue weighted by Crippen LogP contribution is 2.44. The van der Waals surface area contributed by atoms with E-state index >= 15 is 0 Å². The molecule has 1 fully saturated rings. The lowest BCUT2D eigenvalue weighted by Gasteiger charge is -2.28. The minimum atomic E-state index is -0.0697. The number of anilines is 2. The second-order valence-corrected chi connectivity index (χ2v) is 9.44. The van der Waals surface area contributed by atoms with Crippen molar-refractivity contribution in [3.8, 4) is 0 Å². The first-order valence-corrected chi connectivity index (χ1v) is 11.6. The molecular formula is C24H26N4OS2. The fourth-order valence-corrected chi connectivity index (χ4v) is 5.20. The molecule has 7 heteroatoms. The van der Waals surface area contributed by atoms with E-state index in [4.69, 9.17) is 12.2 Å². The van der Waals surface area contributed by atoms with Crippen molar-refractivity contribution >= 4 is 45.9 Å². The minimum Gasteiger partial charge on any atom is -0.351 e. The quantitative estimate of drug-likeness (QED) is 0.501. The van der Waals surface area contributed by atoms with Gasteiger partial charge in [0.15, 0.2) is 5.11 Å². The summed E-state index contributed by atoms with van der Waals surface area (Å²) in [5.41, 5.74) is 5.02. The van der Waals surface area contributed by atoms with Crippen molar-refractivity contribution in [3.63, 3.8) is 0 Å². The van der Waals surface area contributed by atoms with E-state index in [-0.39, 0.29) is 23.9 Å². The van der Waals surface area contributed by atoms with Gasteiger partial charge in [0.05, 0.1) is 17.8 Å². The van der Waals surface area contributed by atoms with Crippen LogP contribution in [0.5, 0.6) is 0 Å². The highest BCUT2D eigenvalue weighted by Gasteiger charge is 2.42. The van der Waals surface area contributed by atoms with Gasteiger partial charge in [-0.05, 0) is 79.0 Å². The van der Waals surface area contributed by atoms with Crippen molar-refractivity contribution < 1.29 is 4.79 Å². The molecule has 3 aromatic rings. The van der Waals surface area contributed by atoms with E-state index in [1.54, 1.807) is 11.3 Å². The van der Waals surface area contributed by atoms with Crippen LogP contribution in [-0.4, -0.2) is 16.0 Å². The Kier molecular flexibility index (Phi) is 6.07. The van der Waals surface area contributed by atoms with Crippen LogP contribution in [0.15, 0.2) is 54.0 Å². The second kappa shape index (κ2) is 8.77. The zero-order valence-electron chi connectivity index (χ0n) is 18.0. The van der Waals surface area contributed by atoms with Gasteiger partial charge in [-0.25, -0.2) is 0 Å². The van der Waals surface area contributed by atoms with E-state index < -0.39 is 0 Å². The Labute approximate surface area is 192 Å². The van der Waals surface area contributed by atoms with Gasteiger partial charge < -0.3 is 15.5 Å². The molecule has 2 N–H and O–H groups in total. The first kappa shape index (κ1) is 21.5. The van der Waals surface area contributed by atoms with Crippen LogP contribution in [0.2, 0.25) is 0 Å². The number of amides is 1. The number of pyridine rings is 1. The predicted octanol–water partition coefficient (Wildman–Crippen LogP) is 5.53. The van der Waals surface area contributed by atoms with Crippen LogP contribution in [0, 0.1) is 19.8 Å². The zero-order valence-corrected chi connectivity index (χ0v) is 19.7. The molecule has 0 saturated carbocycles. The minimum absolute atomic E-state index is 0.00194. The number of nitrogens with one attached hydrogen (secondary N) is 2. The van der Waals surface area contributed by atoms with Crippen LogP contribution in [0.25, 0.3) is 0 Å². The van der Waals surface area contributed by atoms with Gasteiger partial charge >= 0.3 is 0 Å². The maximum Gasteiger partial charge on any atom is 0.226 e. The van der Waals surface area contributed by atoms with Crippen molar-refractivity contribution in [2.45, 2.75) is 39.8 Å². The summed E-state index contributed by atoms with van der Waals surface area (Å²) in [6.45, 7) is 7.92. The summed E-state index contributed by atoms with van der Waals surface area (Å²) in [7, 11) is 0. The second-order valence-electron chi connectivity index (χ2n) is 8.11. The number of benzene rings is 1. The maximum absolute atomic E-state index is 12.1. The molecule has 0 aliphatic carbocycles. The summed E-state index contributed by atoms with van der Waals surface area (Å²) in [5, 5.41) is 9.30. The average molecular weight is 451 g/mol. The standard InChI is InChI=1S/C24H26N4OS2/c1-14(2)23(29)26-18-9-8-17(13-16(18)4)28-21(22-15(3)10-12-31-22)20(27-24(28)30)19-7-5-6-11-25-19/h5-14,20-21H,1-4H3,(H,26,29)(H,27,30)/t20-,21+/m0/s1. The normalized spacial score (nSPS) is 18.4. The van der Waals surface area contributed by atoms with Crippen LogP contribution < -0.4 is 15.5 Å². The summed E-state index contributed by atoms with van der Waals surface area (Å²) in [6, 6.07) is 14.1. The summed E-state index contributed by atoms with van der Waals surface area (Å²) in [4.78, 5) is 20.2. The summed E-state index contributed by atoms with van der Waals surface area (Å²) in [5.74, 6) is -0.0590. The van der Waals surface area contributed by atoms with E-state index in [1.165, 1.54) is 10.4 Å². The first-order valence-electron chi connectivity index (χ1n) is 10.3. The highest BCUT2D eigenvalue weighted by atomic mass is 32.1. The molecule has 0 unspecified atom stereocenters. The number of rotatable bonds is 5. The highest BCUT2D eigenvalue weighted by molar-refractivity contribution is 7.80. The molecular weight excluding hydrogens is 424 g/mol. The molecule has 1 aliphatic rings. The number of thiocarbonyl (C=S) groups is 1. The largest absolute Gasteiger partial charge is 0.351 e. The third-order valence-electron chi connectivity index (χ3n) is 5.54. The average Bonchev–Trinajstić information content (AvgIpc) is 3.32. The zero-order chi connectivity index (χ0) is 22.1. The molecule has 2 aromatic heterocycles. The molecule has 0 spiro atoms. The Balaban J connectivity index is 1.74. The molecule has 1 aromatic carbocycles. The predicted molar refractivity (Wildman–Crippen MR) is 132 cm³/mol. The topological polar surface area (TPSA) is 57.3 Å². The van der Waals surface area contributed by atoms with Crippen molar-refractivity contribution in [1.82, 2.24) is 10.3 Å². The van der Waals surface area contributed by atoms with Crippen LogP contribution in [0.4, 0.5) is 11.4 Å². The number of aryl methyl sites for hydroxylation is 2. The van der Waals surface area contributed by atoms with Crippen LogP contribution in [0.3, 0.4) is 0 Å². The molecule has 3 heterocycles. The number of nitrogens with zero attached hydrogens (tertiary/aromatic N) is 2. The Morgan fingerprint density at radius 2 is 2.00 bits per heavy atom. The number of carbonyl (C=O) groups is 1. The SMILES string of the molecule is Cc1cc(N2C(=S)N[C@@H](c3ccccn3)[C@@H]2c2sccc2C)ccc1NC(=O)C(C)C. The maximum atomic E-state index is 12.1. The Morgan fingerprint density at radius 1 is 1.19 bits per heavy atom. The fourth-order valence-electron chi connectivity index (χ4n) is 3.80. The molecule has 5 nitrogen and oxygen atoms in total. The lowest BCUT2D eigenvalue weighted by atomic mass is 10.00. The number of hydrogen-bond donors (Lipinski definition) is 2. The third-order valence-corrected chi connectivity index (χ3v) is 6.94. The first-order chi connectivity index (χ1) is 14.9. The lowest BCUT2D eigenvalue weighted by Crippen LogP contribution is -2.29. The Morgan fingerprint density at radius 3 is 2.61 bits per heavy atom. The van der Waals surface area contributed by atoms with Gasteiger partial charge in [-0.15, -0.1) is 11.3 Å². The summed E-state index contributed by atoms with van der Waals surface area (Å²) in [6.07, 6.45) is 1.82. The fraction of sp³-hybridized carbons (Fsp3) is 0.292. The van der Waals surface area contributed by atoms with Gasteiger partial charge in [0, 0.05) is 28.4 Å². The van der Waals surface area contributed by atoms with Gasteiger partial charge in [-0.2, -0.15) is 0 Å². The third kappa shape index (κ3) is 4.20. The molecule has 160 valence electrons. The van der Waals surface area contributed by atoms with Crippen molar-refractivity contribution in [2.24, 2.45) is 5.92 Å². The van der Waals surface area contributed by atoms with Crippen molar-refractivity contribution in [1.29, 1.82) is 0 Å². The van der Waals surface area contributed by atoms with E-state index in [1.807, 2.05) is 57.3 Å². The number of carbonyl (C=O) groups excluding carboxylic acids is 1. The molecule has 2 atom stereocenters. The Hall–Kier alpha value is -2.77. The smallest absolute Gasteiger partial charge is 0.226 e. The van der Waals surface area contributed by atoms with Gasteiger partial charge in [-0.3, -0.25) is 9.78 Å². The lowest BCUT2D eigenvalue weighted by molar-refractivity contribution is -0.118. The van der Waals surface area contributed by atoms with Gasteiger partial charge in [0.25, 0.3) is 0 Å². The summed E-state index contributed by atoms with van der Waals surface area (Å²) < 4.78 is 0. The van der Waals surface area contributed by atoms with E-state index in [0.717, 1.165) is 22.6 Å². The van der Waals surface area contributed by atoms with Crippen LogP contribution >= 0.6 is 23.6 Å². The van der Waals surface area contributed by atoms with Gasteiger partial charge in [0.1, 0.15) is 0 Å². The van der Waals surface area contributed by atoms with E-state index in [2.05, 4.69) is 45.0 Å². The van der Waals surface area contributed by atoms with E-state index in [9.17, 15) is 4.79 Å². The number of thiophene rings is 1. The molecule has 1 aliphatic heterocycles. The molecule has 31 heavy (non-hydrogen) atoms. The van der Waals surface area contributed by atoms with Gasteiger partial charge in [-0.1, -0.05) is 19.9 Å². The Bertz CT molecular complexity index is 1110. The number of hydrogen-bond acceptors (Lipinski definition) is 4. The van der Waals surface area contributed by atoms with Crippen molar-refractivity contribution in [2.75, 3.05) is 10.2 Å². The molecule has 0 radical (unpaired) electrons. The molecule has 1 amide bonds. The van der Waals surface area contributed by atoms with E-state index in [0.29, 0.717) is 5.11 Å². The van der Waals surface area contributed by atoms with Crippen molar-refractivity contribution in [3.05, 3.63) is 75.7 Å². The molecule has 1 saturated heterocycles. The molecule has 4 rings (SSSR count).